The largest absolute Gasteiger partial charge is 0.416 e. The molecule has 0 saturated heterocycles. The van der Waals surface area contributed by atoms with Crippen LogP contribution in [0, 0.1) is 0 Å². The molecule has 1 aromatic rings. The fourth-order valence-corrected chi connectivity index (χ4v) is 1.53. The van der Waals surface area contributed by atoms with E-state index in [-0.39, 0.29) is 18.1 Å². The fourth-order valence-electron chi connectivity index (χ4n) is 1.53. The minimum atomic E-state index is -4.32. The summed E-state index contributed by atoms with van der Waals surface area (Å²) in [5, 5.41) is 8.71. The van der Waals surface area contributed by atoms with Crippen LogP contribution in [0.3, 0.4) is 0 Å². The van der Waals surface area contributed by atoms with Crippen molar-refractivity contribution in [2.45, 2.75) is 25.4 Å². The standard InChI is InChI=1S/C11H13F3O/c1-8(6-7-15)9-4-2-3-5-10(9)11(12,13)14/h2-5,8,15H,6-7H2,1H3. The normalized spacial score (nSPS) is 13.9. The zero-order valence-electron chi connectivity index (χ0n) is 8.38. The zero-order valence-corrected chi connectivity index (χ0v) is 8.38. The predicted molar refractivity (Wildman–Crippen MR) is 51.6 cm³/mol. The molecule has 1 atom stereocenters. The van der Waals surface area contributed by atoms with Crippen LogP contribution in [-0.2, 0) is 6.18 Å². The predicted octanol–water partition coefficient (Wildman–Crippen LogP) is 3.19. The smallest absolute Gasteiger partial charge is 0.396 e. The van der Waals surface area contributed by atoms with Crippen LogP contribution in [0.25, 0.3) is 0 Å². The first-order chi connectivity index (χ1) is 6.96. The summed E-state index contributed by atoms with van der Waals surface area (Å²) in [6.45, 7) is 1.58. The molecule has 0 spiro atoms. The Balaban J connectivity index is 3.06. The van der Waals surface area contributed by atoms with Gasteiger partial charge in [-0.2, -0.15) is 13.2 Å². The summed E-state index contributed by atoms with van der Waals surface area (Å²) in [6.07, 6.45) is -3.98. The van der Waals surface area contributed by atoms with Crippen LogP contribution < -0.4 is 0 Å². The second-order valence-corrected chi connectivity index (χ2v) is 3.50. The molecule has 0 aromatic heterocycles. The van der Waals surface area contributed by atoms with E-state index in [1.54, 1.807) is 13.0 Å². The van der Waals surface area contributed by atoms with Crippen LogP contribution in [-0.4, -0.2) is 11.7 Å². The maximum atomic E-state index is 12.6. The van der Waals surface area contributed by atoms with Gasteiger partial charge in [0.2, 0.25) is 0 Å². The number of halogens is 3. The highest BCUT2D eigenvalue weighted by atomic mass is 19.4. The van der Waals surface area contributed by atoms with Crippen molar-refractivity contribution in [3.8, 4) is 0 Å². The molecule has 1 N–H and O–H groups in total. The van der Waals surface area contributed by atoms with Crippen LogP contribution in [0.15, 0.2) is 24.3 Å². The highest BCUT2D eigenvalue weighted by molar-refractivity contribution is 5.32. The third-order valence-corrected chi connectivity index (χ3v) is 2.36. The first-order valence-corrected chi connectivity index (χ1v) is 4.73. The van der Waals surface area contributed by atoms with Gasteiger partial charge in [-0.15, -0.1) is 0 Å². The van der Waals surface area contributed by atoms with Crippen LogP contribution in [0.1, 0.15) is 30.4 Å². The third kappa shape index (κ3) is 2.96. The number of rotatable bonds is 3. The van der Waals surface area contributed by atoms with Crippen molar-refractivity contribution in [1.29, 1.82) is 0 Å². The second kappa shape index (κ2) is 4.66. The van der Waals surface area contributed by atoms with Crippen molar-refractivity contribution in [3.63, 3.8) is 0 Å². The lowest BCUT2D eigenvalue weighted by Gasteiger charge is -2.17. The maximum Gasteiger partial charge on any atom is 0.416 e. The van der Waals surface area contributed by atoms with Crippen LogP contribution in [0.5, 0.6) is 0 Å². The van der Waals surface area contributed by atoms with E-state index in [1.165, 1.54) is 12.1 Å². The molecule has 1 nitrogen and oxygen atoms in total. The Labute approximate surface area is 86.5 Å². The van der Waals surface area contributed by atoms with Gasteiger partial charge in [-0.1, -0.05) is 25.1 Å². The minimum absolute atomic E-state index is 0.104. The summed E-state index contributed by atoms with van der Waals surface area (Å²) in [7, 11) is 0. The number of hydrogen-bond acceptors (Lipinski definition) is 1. The van der Waals surface area contributed by atoms with E-state index in [1.807, 2.05) is 0 Å². The first-order valence-electron chi connectivity index (χ1n) is 4.73. The van der Waals surface area contributed by atoms with E-state index in [0.717, 1.165) is 6.07 Å². The van der Waals surface area contributed by atoms with Crippen molar-refractivity contribution in [2.24, 2.45) is 0 Å². The molecular formula is C11H13F3O. The lowest BCUT2D eigenvalue weighted by Crippen LogP contribution is -2.11. The minimum Gasteiger partial charge on any atom is -0.396 e. The molecule has 0 fully saturated rings. The molecule has 1 unspecified atom stereocenters. The van der Waals surface area contributed by atoms with E-state index in [0.29, 0.717) is 6.42 Å². The monoisotopic (exact) mass is 218 g/mol. The van der Waals surface area contributed by atoms with Crippen LogP contribution in [0.4, 0.5) is 13.2 Å². The summed E-state index contributed by atoms with van der Waals surface area (Å²) in [5.41, 5.74) is -0.356. The molecule has 0 aliphatic heterocycles. The molecule has 0 bridgehead atoms. The highest BCUT2D eigenvalue weighted by Crippen LogP contribution is 2.35. The van der Waals surface area contributed by atoms with E-state index in [2.05, 4.69) is 0 Å². The molecule has 4 heteroatoms. The van der Waals surface area contributed by atoms with Gasteiger partial charge in [0.1, 0.15) is 0 Å². The molecule has 0 amide bonds. The summed E-state index contributed by atoms with van der Waals surface area (Å²) < 4.78 is 37.8. The van der Waals surface area contributed by atoms with E-state index >= 15 is 0 Å². The molecule has 15 heavy (non-hydrogen) atoms. The first kappa shape index (κ1) is 12.0. The van der Waals surface area contributed by atoms with E-state index in [4.69, 9.17) is 5.11 Å². The summed E-state index contributed by atoms with van der Waals surface area (Å²) in [6, 6.07) is 5.49. The van der Waals surface area contributed by atoms with Crippen molar-refractivity contribution in [1.82, 2.24) is 0 Å². The molecule has 0 aliphatic rings. The van der Waals surface area contributed by atoms with E-state index in [9.17, 15) is 13.2 Å². The average molecular weight is 218 g/mol. The zero-order chi connectivity index (χ0) is 11.5. The fraction of sp³-hybridized carbons (Fsp3) is 0.455. The van der Waals surface area contributed by atoms with E-state index < -0.39 is 11.7 Å². The van der Waals surface area contributed by atoms with Gasteiger partial charge in [0.05, 0.1) is 5.56 Å². The van der Waals surface area contributed by atoms with Gasteiger partial charge in [0.25, 0.3) is 0 Å². The molecule has 0 radical (unpaired) electrons. The Bertz CT molecular complexity index is 320. The topological polar surface area (TPSA) is 20.2 Å². The van der Waals surface area contributed by atoms with Gasteiger partial charge in [-0.3, -0.25) is 0 Å². The Morgan fingerprint density at radius 3 is 2.40 bits per heavy atom. The Morgan fingerprint density at radius 2 is 1.87 bits per heavy atom. The van der Waals surface area contributed by atoms with Crippen molar-refractivity contribution in [2.75, 3.05) is 6.61 Å². The number of aliphatic hydroxyl groups is 1. The number of aliphatic hydroxyl groups excluding tert-OH is 1. The van der Waals surface area contributed by atoms with Gasteiger partial charge >= 0.3 is 6.18 Å². The molecule has 84 valence electrons. The molecular weight excluding hydrogens is 205 g/mol. The van der Waals surface area contributed by atoms with Crippen molar-refractivity contribution in [3.05, 3.63) is 35.4 Å². The summed E-state index contributed by atoms with van der Waals surface area (Å²) >= 11 is 0. The lowest BCUT2D eigenvalue weighted by atomic mass is 9.93. The van der Waals surface area contributed by atoms with Gasteiger partial charge in [0, 0.05) is 6.61 Å². The number of alkyl halides is 3. The number of benzene rings is 1. The Hall–Kier alpha value is -1.03. The lowest BCUT2D eigenvalue weighted by molar-refractivity contribution is -0.138. The summed E-state index contributed by atoms with van der Waals surface area (Å²) in [5.74, 6) is -0.284. The molecule has 0 heterocycles. The highest BCUT2D eigenvalue weighted by Gasteiger charge is 2.33. The maximum absolute atomic E-state index is 12.6. The SMILES string of the molecule is CC(CCO)c1ccccc1C(F)(F)F. The average Bonchev–Trinajstić information content (AvgIpc) is 2.17. The van der Waals surface area contributed by atoms with Crippen molar-refractivity contribution >= 4 is 0 Å². The quantitative estimate of drug-likeness (QED) is 0.826. The van der Waals surface area contributed by atoms with Crippen LogP contribution >= 0.6 is 0 Å². The van der Waals surface area contributed by atoms with Gasteiger partial charge in [0.15, 0.2) is 0 Å². The van der Waals surface area contributed by atoms with Gasteiger partial charge in [-0.25, -0.2) is 0 Å². The second-order valence-electron chi connectivity index (χ2n) is 3.50. The van der Waals surface area contributed by atoms with Gasteiger partial charge in [-0.05, 0) is 24.0 Å². The number of hydrogen-bond donors (Lipinski definition) is 1. The Kier molecular flexibility index (Phi) is 3.74. The molecule has 1 rings (SSSR count). The Morgan fingerprint density at radius 1 is 1.27 bits per heavy atom. The van der Waals surface area contributed by atoms with Gasteiger partial charge < -0.3 is 5.11 Å². The van der Waals surface area contributed by atoms with Crippen LogP contribution in [0.2, 0.25) is 0 Å². The van der Waals surface area contributed by atoms with Crippen molar-refractivity contribution < 1.29 is 18.3 Å². The molecule has 0 aliphatic carbocycles. The third-order valence-electron chi connectivity index (χ3n) is 2.36. The summed E-state index contributed by atoms with van der Waals surface area (Å²) in [4.78, 5) is 0. The molecule has 0 saturated carbocycles. The molecule has 1 aromatic carbocycles.